The Kier molecular flexibility index (Phi) is 4.42. The number of rotatable bonds is 3. The van der Waals surface area contributed by atoms with Crippen molar-refractivity contribution in [3.8, 4) is 0 Å². The van der Waals surface area contributed by atoms with Crippen LogP contribution in [0.4, 0.5) is 5.82 Å². The van der Waals surface area contributed by atoms with Crippen molar-refractivity contribution < 1.29 is 10.2 Å². The third-order valence-corrected chi connectivity index (χ3v) is 4.14. The fraction of sp³-hybridized carbons (Fsp3) is 0.667. The van der Waals surface area contributed by atoms with Crippen molar-refractivity contribution in [1.29, 1.82) is 0 Å². The van der Waals surface area contributed by atoms with Crippen LogP contribution in [0.15, 0.2) is 6.07 Å². The topological polar surface area (TPSA) is 56.6 Å². The lowest BCUT2D eigenvalue weighted by Crippen LogP contribution is -2.44. The van der Waals surface area contributed by atoms with Gasteiger partial charge < -0.3 is 15.1 Å². The Balaban J connectivity index is 2.34. The van der Waals surface area contributed by atoms with Crippen molar-refractivity contribution in [2.45, 2.75) is 58.3 Å². The molecule has 1 aromatic heterocycles. The van der Waals surface area contributed by atoms with E-state index in [1.165, 1.54) is 0 Å². The van der Waals surface area contributed by atoms with Crippen LogP contribution in [0.25, 0.3) is 0 Å². The molecule has 0 radical (unpaired) electrons. The van der Waals surface area contributed by atoms with Crippen LogP contribution in [-0.2, 0) is 6.61 Å². The number of nitrogens with zero attached hydrogens (tertiary/aromatic N) is 2. The van der Waals surface area contributed by atoms with Gasteiger partial charge in [0.25, 0.3) is 0 Å². The molecule has 1 aliphatic rings. The van der Waals surface area contributed by atoms with Gasteiger partial charge in [-0.3, -0.25) is 0 Å². The van der Waals surface area contributed by atoms with Crippen molar-refractivity contribution in [1.82, 2.24) is 4.98 Å². The third kappa shape index (κ3) is 2.90. The van der Waals surface area contributed by atoms with Crippen molar-refractivity contribution in [2.75, 3.05) is 11.9 Å². The van der Waals surface area contributed by atoms with Crippen LogP contribution in [0.3, 0.4) is 0 Å². The lowest BCUT2D eigenvalue weighted by atomic mass is 9.91. The van der Waals surface area contributed by atoms with Crippen LogP contribution in [-0.4, -0.2) is 34.4 Å². The molecule has 19 heavy (non-hydrogen) atoms. The summed E-state index contributed by atoms with van der Waals surface area (Å²) in [7, 11) is 1.97. The summed E-state index contributed by atoms with van der Waals surface area (Å²) in [6.45, 7) is 3.94. The second kappa shape index (κ2) is 5.88. The molecule has 2 atom stereocenters. The van der Waals surface area contributed by atoms with Gasteiger partial charge in [-0.15, -0.1) is 0 Å². The fourth-order valence-corrected chi connectivity index (χ4v) is 3.03. The fourth-order valence-electron chi connectivity index (χ4n) is 3.03. The molecule has 0 spiro atoms. The number of aliphatic hydroxyl groups is 2. The summed E-state index contributed by atoms with van der Waals surface area (Å²) in [6.07, 6.45) is 3.78. The molecule has 1 aliphatic carbocycles. The molecule has 0 aromatic carbocycles. The summed E-state index contributed by atoms with van der Waals surface area (Å²) < 4.78 is 0. The largest absolute Gasteiger partial charge is 0.392 e. The Morgan fingerprint density at radius 1 is 1.32 bits per heavy atom. The monoisotopic (exact) mass is 264 g/mol. The highest BCUT2D eigenvalue weighted by Gasteiger charge is 2.28. The average Bonchev–Trinajstić information content (AvgIpc) is 2.37. The average molecular weight is 264 g/mol. The smallest absolute Gasteiger partial charge is 0.134 e. The molecule has 1 aromatic rings. The van der Waals surface area contributed by atoms with Gasteiger partial charge in [0.15, 0.2) is 0 Å². The standard InChI is InChI=1S/C15H24N2O2/c1-10-8-11(2)16-15(12(10)9-18)17(3)13-6-4-5-7-14(13)19/h8,13-14,18-19H,4-7,9H2,1-3H3. The highest BCUT2D eigenvalue weighted by atomic mass is 16.3. The van der Waals surface area contributed by atoms with Crippen molar-refractivity contribution in [3.05, 3.63) is 22.9 Å². The highest BCUT2D eigenvalue weighted by Crippen LogP contribution is 2.29. The minimum atomic E-state index is -0.298. The Morgan fingerprint density at radius 3 is 2.63 bits per heavy atom. The summed E-state index contributed by atoms with van der Waals surface area (Å²) in [5.41, 5.74) is 2.87. The summed E-state index contributed by atoms with van der Waals surface area (Å²) in [5.74, 6) is 0.811. The van der Waals surface area contributed by atoms with E-state index in [-0.39, 0.29) is 18.8 Å². The molecule has 2 N–H and O–H groups in total. The number of likely N-dealkylation sites (N-methyl/N-ethyl adjacent to an activating group) is 1. The maximum absolute atomic E-state index is 10.2. The van der Waals surface area contributed by atoms with Crippen LogP contribution < -0.4 is 4.90 Å². The lowest BCUT2D eigenvalue weighted by Gasteiger charge is -2.37. The predicted molar refractivity (Wildman–Crippen MR) is 76.3 cm³/mol. The number of hydrogen-bond donors (Lipinski definition) is 2. The number of aromatic nitrogens is 1. The first-order valence-corrected chi connectivity index (χ1v) is 7.03. The number of aliphatic hydroxyl groups excluding tert-OH is 2. The number of aryl methyl sites for hydroxylation is 2. The minimum absolute atomic E-state index is 0.0123. The van der Waals surface area contributed by atoms with Gasteiger partial charge in [0, 0.05) is 18.3 Å². The molecule has 0 saturated heterocycles. The van der Waals surface area contributed by atoms with E-state index in [1.807, 2.05) is 27.0 Å². The normalized spacial score (nSPS) is 23.4. The second-order valence-corrected chi connectivity index (χ2v) is 5.57. The third-order valence-electron chi connectivity index (χ3n) is 4.14. The van der Waals surface area contributed by atoms with Gasteiger partial charge in [-0.25, -0.2) is 4.98 Å². The van der Waals surface area contributed by atoms with E-state index in [4.69, 9.17) is 0 Å². The Labute approximate surface area is 115 Å². The van der Waals surface area contributed by atoms with Crippen LogP contribution in [0.1, 0.15) is 42.5 Å². The van der Waals surface area contributed by atoms with Crippen molar-refractivity contribution in [3.63, 3.8) is 0 Å². The molecule has 0 aliphatic heterocycles. The molecule has 1 fully saturated rings. The highest BCUT2D eigenvalue weighted by molar-refractivity contribution is 5.51. The maximum atomic E-state index is 10.2. The predicted octanol–water partition coefficient (Wildman–Crippen LogP) is 1.93. The van der Waals surface area contributed by atoms with E-state index in [2.05, 4.69) is 9.88 Å². The molecule has 1 heterocycles. The van der Waals surface area contributed by atoms with Crippen LogP contribution in [0.2, 0.25) is 0 Å². The second-order valence-electron chi connectivity index (χ2n) is 5.57. The molecule has 4 heteroatoms. The maximum Gasteiger partial charge on any atom is 0.134 e. The molecule has 4 nitrogen and oxygen atoms in total. The van der Waals surface area contributed by atoms with Gasteiger partial charge in [0.1, 0.15) is 5.82 Å². The Morgan fingerprint density at radius 2 is 2.00 bits per heavy atom. The zero-order valence-corrected chi connectivity index (χ0v) is 12.1. The van der Waals surface area contributed by atoms with Gasteiger partial charge in [-0.2, -0.15) is 0 Å². The number of pyridine rings is 1. The van der Waals surface area contributed by atoms with Gasteiger partial charge in [-0.05, 0) is 38.3 Å². The van der Waals surface area contributed by atoms with Crippen LogP contribution in [0, 0.1) is 13.8 Å². The molecule has 0 amide bonds. The van der Waals surface area contributed by atoms with E-state index in [9.17, 15) is 10.2 Å². The molecule has 1 saturated carbocycles. The summed E-state index contributed by atoms with van der Waals surface area (Å²) in [5, 5.41) is 19.7. The zero-order valence-electron chi connectivity index (χ0n) is 12.1. The minimum Gasteiger partial charge on any atom is -0.392 e. The van der Waals surface area contributed by atoms with Gasteiger partial charge >= 0.3 is 0 Å². The van der Waals surface area contributed by atoms with E-state index < -0.39 is 0 Å². The number of hydrogen-bond acceptors (Lipinski definition) is 4. The first-order chi connectivity index (χ1) is 9.04. The molecular formula is C15H24N2O2. The molecular weight excluding hydrogens is 240 g/mol. The van der Waals surface area contributed by atoms with E-state index in [0.717, 1.165) is 48.3 Å². The van der Waals surface area contributed by atoms with Crippen molar-refractivity contribution in [2.24, 2.45) is 0 Å². The van der Waals surface area contributed by atoms with Gasteiger partial charge in [0.05, 0.1) is 18.8 Å². The number of anilines is 1. The molecule has 2 unspecified atom stereocenters. The van der Waals surface area contributed by atoms with Gasteiger partial charge in [-0.1, -0.05) is 12.8 Å². The first-order valence-electron chi connectivity index (χ1n) is 7.03. The molecule has 106 valence electrons. The molecule has 0 bridgehead atoms. The van der Waals surface area contributed by atoms with Crippen molar-refractivity contribution >= 4 is 5.82 Å². The lowest BCUT2D eigenvalue weighted by molar-refractivity contribution is 0.105. The SMILES string of the molecule is Cc1cc(C)c(CO)c(N(C)C2CCCCC2O)n1. The van der Waals surface area contributed by atoms with E-state index >= 15 is 0 Å². The summed E-state index contributed by atoms with van der Waals surface area (Å²) in [4.78, 5) is 6.62. The molecule has 2 rings (SSSR count). The van der Waals surface area contributed by atoms with E-state index in [0.29, 0.717) is 0 Å². The zero-order chi connectivity index (χ0) is 14.0. The Bertz CT molecular complexity index is 448. The summed E-state index contributed by atoms with van der Waals surface area (Å²) >= 11 is 0. The van der Waals surface area contributed by atoms with E-state index in [1.54, 1.807) is 0 Å². The Hall–Kier alpha value is -1.13. The quantitative estimate of drug-likeness (QED) is 0.876. The van der Waals surface area contributed by atoms with Crippen LogP contribution in [0.5, 0.6) is 0 Å². The summed E-state index contributed by atoms with van der Waals surface area (Å²) in [6, 6.07) is 2.09. The van der Waals surface area contributed by atoms with Gasteiger partial charge in [0.2, 0.25) is 0 Å². The first kappa shape index (κ1) is 14.3. The van der Waals surface area contributed by atoms with Crippen LogP contribution >= 0.6 is 0 Å².